The summed E-state index contributed by atoms with van der Waals surface area (Å²) in [5.41, 5.74) is -1.34. The Morgan fingerprint density at radius 1 is 0.968 bits per heavy atom. The van der Waals surface area contributed by atoms with Crippen molar-refractivity contribution in [2.24, 2.45) is 11.8 Å². The van der Waals surface area contributed by atoms with Gasteiger partial charge in [-0.15, -0.1) is 0 Å². The van der Waals surface area contributed by atoms with Crippen molar-refractivity contribution in [1.29, 1.82) is 0 Å². The molecule has 0 saturated heterocycles. The Labute approximate surface area is 188 Å². The molecule has 6 heteroatoms. The van der Waals surface area contributed by atoms with Crippen LogP contribution in [0.1, 0.15) is 97.8 Å². The van der Waals surface area contributed by atoms with E-state index < -0.39 is 17.5 Å². The number of rotatable bonds is 15. The Kier molecular flexibility index (Phi) is 13.2. The molecule has 0 aliphatic heterocycles. The fraction of sp³-hybridized carbons (Fsp3) is 0.800. The van der Waals surface area contributed by atoms with E-state index >= 15 is 0 Å². The largest absolute Gasteiger partial charge is 0.465 e. The molecule has 0 heterocycles. The first-order valence-corrected chi connectivity index (χ1v) is 12.0. The van der Waals surface area contributed by atoms with Crippen LogP contribution in [0.4, 0.5) is 0 Å². The highest BCUT2D eigenvalue weighted by Crippen LogP contribution is 2.37. The number of hydrogen-bond acceptors (Lipinski definition) is 6. The lowest BCUT2D eigenvalue weighted by atomic mass is 9.78. The van der Waals surface area contributed by atoms with Gasteiger partial charge in [-0.25, -0.2) is 9.59 Å². The van der Waals surface area contributed by atoms with Gasteiger partial charge >= 0.3 is 17.9 Å². The molecule has 0 aromatic rings. The molecule has 1 aliphatic carbocycles. The van der Waals surface area contributed by atoms with Crippen molar-refractivity contribution in [1.82, 2.24) is 0 Å². The maximum absolute atomic E-state index is 12.7. The maximum Gasteiger partial charge on any atom is 0.350 e. The SMILES string of the molecule is C=CC(=O)OC1(C(=O)OCC(C)C)CCC(C(=O)OCCCCCCCCCC)CC1. The fourth-order valence-electron chi connectivity index (χ4n) is 3.80. The first kappa shape index (κ1) is 27.2. The van der Waals surface area contributed by atoms with Gasteiger partial charge in [0.2, 0.25) is 5.60 Å². The zero-order valence-electron chi connectivity index (χ0n) is 19.8. The minimum Gasteiger partial charge on any atom is -0.465 e. The lowest BCUT2D eigenvalue weighted by Crippen LogP contribution is -2.48. The highest BCUT2D eigenvalue weighted by atomic mass is 16.6. The fourth-order valence-corrected chi connectivity index (χ4v) is 3.80. The van der Waals surface area contributed by atoms with E-state index in [0.717, 1.165) is 18.9 Å². The molecule has 0 aromatic heterocycles. The number of esters is 3. The van der Waals surface area contributed by atoms with Gasteiger partial charge in [0, 0.05) is 6.08 Å². The normalized spacial score (nSPS) is 20.8. The Balaban J connectivity index is 2.40. The van der Waals surface area contributed by atoms with Gasteiger partial charge in [0.05, 0.1) is 19.1 Å². The van der Waals surface area contributed by atoms with Gasteiger partial charge in [-0.3, -0.25) is 4.79 Å². The van der Waals surface area contributed by atoms with Crippen LogP contribution >= 0.6 is 0 Å². The second kappa shape index (κ2) is 15.0. The van der Waals surface area contributed by atoms with Gasteiger partial charge in [-0.1, -0.05) is 72.3 Å². The van der Waals surface area contributed by atoms with E-state index in [1.54, 1.807) is 0 Å². The molecule has 31 heavy (non-hydrogen) atoms. The Bertz CT molecular complexity index is 560. The van der Waals surface area contributed by atoms with Gasteiger partial charge in [-0.05, 0) is 38.0 Å². The van der Waals surface area contributed by atoms with E-state index in [0.29, 0.717) is 19.4 Å². The van der Waals surface area contributed by atoms with Crippen LogP contribution in [0, 0.1) is 11.8 Å². The van der Waals surface area contributed by atoms with E-state index in [1.165, 1.54) is 38.5 Å². The predicted octanol–water partition coefficient (Wildman–Crippen LogP) is 5.53. The first-order chi connectivity index (χ1) is 14.8. The van der Waals surface area contributed by atoms with Crippen LogP contribution < -0.4 is 0 Å². The molecular weight excluding hydrogens is 396 g/mol. The molecule has 6 nitrogen and oxygen atoms in total. The highest BCUT2D eigenvalue weighted by Gasteiger charge is 2.48. The van der Waals surface area contributed by atoms with Gasteiger partial charge in [0.25, 0.3) is 0 Å². The molecule has 0 amide bonds. The lowest BCUT2D eigenvalue weighted by molar-refractivity contribution is -0.187. The Morgan fingerprint density at radius 2 is 1.55 bits per heavy atom. The van der Waals surface area contributed by atoms with E-state index in [-0.39, 0.29) is 37.3 Å². The number of ether oxygens (including phenoxy) is 3. The van der Waals surface area contributed by atoms with Crippen LogP contribution in [-0.2, 0) is 28.6 Å². The maximum atomic E-state index is 12.7. The summed E-state index contributed by atoms with van der Waals surface area (Å²) in [5.74, 6) is -1.51. The van der Waals surface area contributed by atoms with Crippen molar-refractivity contribution in [3.8, 4) is 0 Å². The lowest BCUT2D eigenvalue weighted by Gasteiger charge is -2.36. The average molecular weight is 439 g/mol. The second-order valence-corrected chi connectivity index (χ2v) is 9.03. The molecule has 0 bridgehead atoms. The molecule has 0 radical (unpaired) electrons. The smallest absolute Gasteiger partial charge is 0.350 e. The third kappa shape index (κ3) is 10.3. The monoisotopic (exact) mass is 438 g/mol. The molecule has 178 valence electrons. The molecule has 0 unspecified atom stereocenters. The van der Waals surface area contributed by atoms with E-state index in [1.807, 2.05) is 13.8 Å². The summed E-state index contributed by atoms with van der Waals surface area (Å²) in [6, 6.07) is 0. The van der Waals surface area contributed by atoms with Gasteiger partial charge in [-0.2, -0.15) is 0 Å². The average Bonchev–Trinajstić information content (AvgIpc) is 2.76. The molecule has 0 aromatic carbocycles. The molecule has 0 spiro atoms. The highest BCUT2D eigenvalue weighted by molar-refractivity contribution is 5.88. The van der Waals surface area contributed by atoms with Crippen molar-refractivity contribution >= 4 is 17.9 Å². The van der Waals surface area contributed by atoms with Crippen LogP contribution in [0.15, 0.2) is 12.7 Å². The minimum atomic E-state index is -1.34. The zero-order valence-corrected chi connectivity index (χ0v) is 19.8. The van der Waals surface area contributed by atoms with E-state index in [9.17, 15) is 14.4 Å². The Hall–Kier alpha value is -1.85. The summed E-state index contributed by atoms with van der Waals surface area (Å²) in [5, 5.41) is 0. The van der Waals surface area contributed by atoms with Crippen molar-refractivity contribution in [2.45, 2.75) is 103 Å². The molecule has 0 atom stereocenters. The van der Waals surface area contributed by atoms with Gasteiger partial charge in [0.15, 0.2) is 0 Å². The number of hydrogen-bond donors (Lipinski definition) is 0. The summed E-state index contributed by atoms with van der Waals surface area (Å²) in [7, 11) is 0. The molecular formula is C25H42O6. The van der Waals surface area contributed by atoms with Crippen molar-refractivity contribution in [3.63, 3.8) is 0 Å². The number of carbonyl (C=O) groups is 3. The van der Waals surface area contributed by atoms with Crippen molar-refractivity contribution in [3.05, 3.63) is 12.7 Å². The molecule has 0 N–H and O–H groups in total. The molecule has 1 rings (SSSR count). The van der Waals surface area contributed by atoms with Crippen molar-refractivity contribution in [2.75, 3.05) is 13.2 Å². The van der Waals surface area contributed by atoms with E-state index in [2.05, 4.69) is 13.5 Å². The minimum absolute atomic E-state index is 0.179. The third-order valence-corrected chi connectivity index (χ3v) is 5.75. The quantitative estimate of drug-likeness (QED) is 0.145. The second-order valence-electron chi connectivity index (χ2n) is 9.03. The topological polar surface area (TPSA) is 78.9 Å². The number of unbranched alkanes of at least 4 members (excludes halogenated alkanes) is 7. The van der Waals surface area contributed by atoms with Crippen LogP contribution in [0.2, 0.25) is 0 Å². The zero-order chi connectivity index (χ0) is 23.1. The van der Waals surface area contributed by atoms with Crippen LogP contribution in [0.25, 0.3) is 0 Å². The van der Waals surface area contributed by atoms with E-state index in [4.69, 9.17) is 14.2 Å². The van der Waals surface area contributed by atoms with Crippen molar-refractivity contribution < 1.29 is 28.6 Å². The van der Waals surface area contributed by atoms with Gasteiger partial charge < -0.3 is 14.2 Å². The number of carbonyl (C=O) groups excluding carboxylic acids is 3. The Morgan fingerprint density at radius 3 is 2.10 bits per heavy atom. The predicted molar refractivity (Wildman–Crippen MR) is 120 cm³/mol. The first-order valence-electron chi connectivity index (χ1n) is 12.0. The summed E-state index contributed by atoms with van der Waals surface area (Å²) in [6.45, 7) is 10.2. The third-order valence-electron chi connectivity index (χ3n) is 5.75. The summed E-state index contributed by atoms with van der Waals surface area (Å²) in [6.07, 6.45) is 11.9. The van der Waals surface area contributed by atoms with Crippen LogP contribution in [0.5, 0.6) is 0 Å². The van der Waals surface area contributed by atoms with Gasteiger partial charge in [0.1, 0.15) is 0 Å². The molecule has 1 saturated carbocycles. The molecule has 1 fully saturated rings. The summed E-state index contributed by atoms with van der Waals surface area (Å²) in [4.78, 5) is 36.9. The standard InChI is InChI=1S/C25H42O6/c1-5-7-8-9-10-11-12-13-18-29-23(27)21-14-16-25(17-15-21,31-22(26)6-2)24(28)30-19-20(3)4/h6,20-21H,2,5,7-19H2,1,3-4H3. The molecule has 1 aliphatic rings. The van der Waals surface area contributed by atoms with Crippen LogP contribution in [0.3, 0.4) is 0 Å². The summed E-state index contributed by atoms with van der Waals surface area (Å²) >= 11 is 0. The summed E-state index contributed by atoms with van der Waals surface area (Å²) < 4.78 is 16.2. The van der Waals surface area contributed by atoms with Crippen LogP contribution in [-0.4, -0.2) is 36.7 Å².